The second-order valence-electron chi connectivity index (χ2n) is 4.97. The minimum absolute atomic E-state index is 0. The van der Waals surface area contributed by atoms with Crippen LogP contribution >= 0.6 is 11.3 Å². The summed E-state index contributed by atoms with van der Waals surface area (Å²) in [4.78, 5) is 4.74. The summed E-state index contributed by atoms with van der Waals surface area (Å²) in [5.41, 5.74) is 1.58. The molecule has 2 nitrogen and oxygen atoms in total. The number of rotatable bonds is 3. The molecule has 0 aliphatic heterocycles. The van der Waals surface area contributed by atoms with Gasteiger partial charge in [-0.05, 0) is 33.7 Å². The predicted octanol–water partition coefficient (Wildman–Crippen LogP) is 2.65. The van der Waals surface area contributed by atoms with E-state index in [-0.39, 0.29) is 5.54 Å². The van der Waals surface area contributed by atoms with Gasteiger partial charge in [-0.15, -0.1) is 11.3 Å². The van der Waals surface area contributed by atoms with E-state index >= 15 is 0 Å². The fourth-order valence-corrected chi connectivity index (χ4v) is 2.58. The Morgan fingerprint density at radius 3 is 2.64 bits per heavy atom. The average molecular weight is 210 g/mol. The van der Waals surface area contributed by atoms with Gasteiger partial charge in [0, 0.05) is 10.8 Å². The molecule has 14 heavy (non-hydrogen) atoms. The summed E-state index contributed by atoms with van der Waals surface area (Å²) >= 11 is 1.81. The van der Waals surface area contributed by atoms with Gasteiger partial charge < -0.3 is 5.32 Å². The molecule has 1 aliphatic carbocycles. The standard InChI is InChI=1S/C11H18N2S/c1-10(2,12-4)8-7-14-9(13-8)11(3)5-6-11/h7,12H,5-6H2,1-4H3. The molecule has 0 saturated heterocycles. The average Bonchev–Trinajstić information content (AvgIpc) is 2.72. The van der Waals surface area contributed by atoms with Crippen LogP contribution in [0.2, 0.25) is 0 Å². The van der Waals surface area contributed by atoms with Crippen molar-refractivity contribution in [2.45, 2.75) is 44.6 Å². The van der Waals surface area contributed by atoms with Crippen molar-refractivity contribution in [2.24, 2.45) is 0 Å². The highest BCUT2D eigenvalue weighted by Gasteiger charge is 2.42. The first-order valence-corrected chi connectivity index (χ1v) is 6.01. The number of hydrogen-bond acceptors (Lipinski definition) is 3. The molecule has 78 valence electrons. The Balaban J connectivity index is 2.26. The molecular weight excluding hydrogens is 192 g/mol. The van der Waals surface area contributed by atoms with Gasteiger partial charge in [-0.3, -0.25) is 0 Å². The van der Waals surface area contributed by atoms with Crippen LogP contribution in [0.1, 0.15) is 44.3 Å². The summed E-state index contributed by atoms with van der Waals surface area (Å²) < 4.78 is 0. The van der Waals surface area contributed by atoms with Crippen LogP contribution in [0, 0.1) is 0 Å². The zero-order valence-electron chi connectivity index (χ0n) is 9.35. The highest BCUT2D eigenvalue weighted by Crippen LogP contribution is 2.48. The summed E-state index contributed by atoms with van der Waals surface area (Å²) in [5.74, 6) is 0. The molecule has 1 fully saturated rings. The quantitative estimate of drug-likeness (QED) is 0.829. The Labute approximate surface area is 89.8 Å². The van der Waals surface area contributed by atoms with Gasteiger partial charge in [0.05, 0.1) is 16.2 Å². The third-order valence-corrected chi connectivity index (χ3v) is 4.43. The van der Waals surface area contributed by atoms with Crippen LogP contribution in [-0.2, 0) is 11.0 Å². The molecule has 0 atom stereocenters. The van der Waals surface area contributed by atoms with E-state index in [0.29, 0.717) is 5.41 Å². The van der Waals surface area contributed by atoms with Gasteiger partial charge in [0.2, 0.25) is 0 Å². The molecule has 1 saturated carbocycles. The first kappa shape index (κ1) is 10.1. The van der Waals surface area contributed by atoms with E-state index < -0.39 is 0 Å². The van der Waals surface area contributed by atoms with E-state index in [1.165, 1.54) is 23.5 Å². The molecule has 1 aliphatic rings. The van der Waals surface area contributed by atoms with Gasteiger partial charge in [-0.25, -0.2) is 4.98 Å². The van der Waals surface area contributed by atoms with Gasteiger partial charge in [0.25, 0.3) is 0 Å². The molecule has 3 heteroatoms. The fraction of sp³-hybridized carbons (Fsp3) is 0.727. The van der Waals surface area contributed by atoms with Crippen LogP contribution in [0.3, 0.4) is 0 Å². The number of thiazole rings is 1. The van der Waals surface area contributed by atoms with E-state index in [9.17, 15) is 0 Å². The number of nitrogens with one attached hydrogen (secondary N) is 1. The number of aromatic nitrogens is 1. The lowest BCUT2D eigenvalue weighted by molar-refractivity contribution is 0.432. The summed E-state index contributed by atoms with van der Waals surface area (Å²) in [6.45, 7) is 6.64. The van der Waals surface area contributed by atoms with E-state index in [4.69, 9.17) is 4.98 Å². The van der Waals surface area contributed by atoms with Crippen molar-refractivity contribution in [1.29, 1.82) is 0 Å². The van der Waals surface area contributed by atoms with E-state index in [0.717, 1.165) is 0 Å². The lowest BCUT2D eigenvalue weighted by atomic mass is 10.0. The van der Waals surface area contributed by atoms with Gasteiger partial charge in [-0.2, -0.15) is 0 Å². The minimum Gasteiger partial charge on any atom is -0.310 e. The molecule has 2 rings (SSSR count). The normalized spacial score (nSPS) is 19.7. The summed E-state index contributed by atoms with van der Waals surface area (Å²) in [6.07, 6.45) is 2.61. The van der Waals surface area contributed by atoms with E-state index in [1.54, 1.807) is 0 Å². The molecule has 0 aromatic carbocycles. The highest BCUT2D eigenvalue weighted by molar-refractivity contribution is 7.09. The van der Waals surface area contributed by atoms with Crippen LogP contribution in [-0.4, -0.2) is 12.0 Å². The van der Waals surface area contributed by atoms with Crippen molar-refractivity contribution < 1.29 is 0 Å². The Kier molecular flexibility index (Phi) is 2.20. The van der Waals surface area contributed by atoms with Gasteiger partial charge >= 0.3 is 0 Å². The molecule has 1 heterocycles. The SMILES string of the molecule is CNC(C)(C)c1csc(C2(C)CC2)n1. The third-order valence-electron chi connectivity index (χ3n) is 3.29. The van der Waals surface area contributed by atoms with Crippen molar-refractivity contribution >= 4 is 11.3 Å². The van der Waals surface area contributed by atoms with Gasteiger partial charge in [-0.1, -0.05) is 6.92 Å². The third kappa shape index (κ3) is 1.59. The van der Waals surface area contributed by atoms with Crippen molar-refractivity contribution in [1.82, 2.24) is 10.3 Å². The van der Waals surface area contributed by atoms with Crippen LogP contribution in [0.5, 0.6) is 0 Å². The summed E-state index contributed by atoms with van der Waals surface area (Å²) in [6, 6.07) is 0. The molecule has 0 bridgehead atoms. The van der Waals surface area contributed by atoms with Crippen molar-refractivity contribution in [2.75, 3.05) is 7.05 Å². The Morgan fingerprint density at radius 2 is 2.14 bits per heavy atom. The molecule has 1 aromatic rings. The second-order valence-corrected chi connectivity index (χ2v) is 5.83. The minimum atomic E-state index is 0. The molecule has 0 radical (unpaired) electrons. The summed E-state index contributed by atoms with van der Waals surface area (Å²) in [7, 11) is 1.98. The Morgan fingerprint density at radius 1 is 1.50 bits per heavy atom. The highest BCUT2D eigenvalue weighted by atomic mass is 32.1. The first-order valence-electron chi connectivity index (χ1n) is 5.13. The summed E-state index contributed by atoms with van der Waals surface area (Å²) in [5, 5.41) is 6.79. The Bertz CT molecular complexity index is 337. The van der Waals surface area contributed by atoms with Crippen LogP contribution in [0.15, 0.2) is 5.38 Å². The van der Waals surface area contributed by atoms with Crippen molar-refractivity contribution in [3.63, 3.8) is 0 Å². The molecule has 1 aromatic heterocycles. The van der Waals surface area contributed by atoms with Crippen LogP contribution in [0.4, 0.5) is 0 Å². The maximum absolute atomic E-state index is 4.74. The molecule has 0 spiro atoms. The molecular formula is C11H18N2S. The Hall–Kier alpha value is -0.410. The van der Waals surface area contributed by atoms with Crippen LogP contribution in [0.25, 0.3) is 0 Å². The van der Waals surface area contributed by atoms with Crippen LogP contribution < -0.4 is 5.32 Å². The predicted molar refractivity (Wildman–Crippen MR) is 60.8 cm³/mol. The lowest BCUT2D eigenvalue weighted by Gasteiger charge is -2.21. The molecule has 0 unspecified atom stereocenters. The first-order chi connectivity index (χ1) is 6.48. The number of nitrogens with zero attached hydrogens (tertiary/aromatic N) is 1. The van der Waals surface area contributed by atoms with Gasteiger partial charge in [0.15, 0.2) is 0 Å². The van der Waals surface area contributed by atoms with Gasteiger partial charge in [0.1, 0.15) is 0 Å². The zero-order valence-corrected chi connectivity index (χ0v) is 10.2. The second kappa shape index (κ2) is 3.04. The smallest absolute Gasteiger partial charge is 0.0988 e. The maximum Gasteiger partial charge on any atom is 0.0988 e. The molecule has 1 N–H and O–H groups in total. The van der Waals surface area contributed by atoms with Crippen molar-refractivity contribution in [3.8, 4) is 0 Å². The van der Waals surface area contributed by atoms with E-state index in [2.05, 4.69) is 31.5 Å². The topological polar surface area (TPSA) is 24.9 Å². The fourth-order valence-electron chi connectivity index (χ4n) is 1.37. The largest absolute Gasteiger partial charge is 0.310 e. The van der Waals surface area contributed by atoms with Crippen molar-refractivity contribution in [3.05, 3.63) is 16.1 Å². The number of hydrogen-bond donors (Lipinski definition) is 1. The zero-order chi connectivity index (χ0) is 10.4. The lowest BCUT2D eigenvalue weighted by Crippen LogP contribution is -2.33. The molecule has 0 amide bonds. The maximum atomic E-state index is 4.74. The van der Waals surface area contributed by atoms with E-state index in [1.807, 2.05) is 18.4 Å². The monoisotopic (exact) mass is 210 g/mol.